The summed E-state index contributed by atoms with van der Waals surface area (Å²) in [5, 5.41) is 3.16. The minimum Gasteiger partial charge on any atom is -0.495 e. The molecule has 0 aliphatic heterocycles. The molecule has 0 unspecified atom stereocenters. The standard InChI is InChI=1S/C15H15BrN2O3/c1-20-14-8-10(4-5-12(14)16)18-13-6-3-9(17)7-11(13)15(19)21-2/h3-8,18H,17H2,1-2H3. The van der Waals surface area contributed by atoms with Crippen LogP contribution in [0.15, 0.2) is 40.9 Å². The smallest absolute Gasteiger partial charge is 0.340 e. The van der Waals surface area contributed by atoms with Gasteiger partial charge in [-0.15, -0.1) is 0 Å². The van der Waals surface area contributed by atoms with Gasteiger partial charge in [0.25, 0.3) is 0 Å². The number of hydrogen-bond donors (Lipinski definition) is 2. The van der Waals surface area contributed by atoms with Crippen molar-refractivity contribution in [2.24, 2.45) is 0 Å². The fraction of sp³-hybridized carbons (Fsp3) is 0.133. The van der Waals surface area contributed by atoms with E-state index in [1.54, 1.807) is 25.3 Å². The van der Waals surface area contributed by atoms with E-state index in [1.807, 2.05) is 18.2 Å². The van der Waals surface area contributed by atoms with Crippen molar-refractivity contribution in [3.8, 4) is 5.75 Å². The molecule has 0 saturated carbocycles. The van der Waals surface area contributed by atoms with Gasteiger partial charge in [0.2, 0.25) is 0 Å². The number of nitrogen functional groups attached to an aromatic ring is 1. The van der Waals surface area contributed by atoms with Crippen LogP contribution in [0, 0.1) is 0 Å². The first-order valence-corrected chi connectivity index (χ1v) is 6.93. The van der Waals surface area contributed by atoms with Gasteiger partial charge in [0.05, 0.1) is 29.9 Å². The van der Waals surface area contributed by atoms with E-state index in [2.05, 4.69) is 21.2 Å². The molecule has 2 rings (SSSR count). The Kier molecular flexibility index (Phi) is 4.70. The summed E-state index contributed by atoms with van der Waals surface area (Å²) < 4.78 is 10.9. The number of carbonyl (C=O) groups excluding carboxylic acids is 1. The van der Waals surface area contributed by atoms with Crippen molar-refractivity contribution < 1.29 is 14.3 Å². The van der Waals surface area contributed by atoms with E-state index in [0.29, 0.717) is 22.7 Å². The zero-order valence-corrected chi connectivity index (χ0v) is 13.2. The lowest BCUT2D eigenvalue weighted by molar-refractivity contribution is 0.0602. The second-order valence-corrected chi connectivity index (χ2v) is 5.13. The molecule has 0 saturated heterocycles. The predicted octanol–water partition coefficient (Wildman–Crippen LogP) is 3.57. The van der Waals surface area contributed by atoms with E-state index in [9.17, 15) is 4.79 Å². The maximum atomic E-state index is 11.8. The first-order valence-electron chi connectivity index (χ1n) is 6.13. The monoisotopic (exact) mass is 350 g/mol. The number of ether oxygens (including phenoxy) is 2. The van der Waals surface area contributed by atoms with Crippen molar-refractivity contribution in [3.05, 3.63) is 46.4 Å². The number of hydrogen-bond acceptors (Lipinski definition) is 5. The molecule has 3 N–H and O–H groups in total. The minimum absolute atomic E-state index is 0.374. The van der Waals surface area contributed by atoms with E-state index in [4.69, 9.17) is 15.2 Å². The van der Waals surface area contributed by atoms with Gasteiger partial charge in [-0.1, -0.05) is 0 Å². The quantitative estimate of drug-likeness (QED) is 0.651. The SMILES string of the molecule is COC(=O)c1cc(N)ccc1Nc1ccc(Br)c(OC)c1. The van der Waals surface area contributed by atoms with Crippen molar-refractivity contribution in [1.82, 2.24) is 0 Å². The molecule has 5 nitrogen and oxygen atoms in total. The Morgan fingerprint density at radius 1 is 1.19 bits per heavy atom. The van der Waals surface area contributed by atoms with E-state index in [0.717, 1.165) is 10.2 Å². The van der Waals surface area contributed by atoms with Crippen molar-refractivity contribution in [1.29, 1.82) is 0 Å². The molecular formula is C15H15BrN2O3. The second-order valence-electron chi connectivity index (χ2n) is 4.27. The van der Waals surface area contributed by atoms with Gasteiger partial charge in [-0.25, -0.2) is 4.79 Å². The highest BCUT2D eigenvalue weighted by atomic mass is 79.9. The first-order chi connectivity index (χ1) is 10.0. The van der Waals surface area contributed by atoms with Crippen molar-refractivity contribution in [2.75, 3.05) is 25.3 Å². The fourth-order valence-electron chi connectivity index (χ4n) is 1.84. The third-order valence-electron chi connectivity index (χ3n) is 2.88. The number of rotatable bonds is 4. The van der Waals surface area contributed by atoms with Gasteiger partial charge in [-0.3, -0.25) is 0 Å². The van der Waals surface area contributed by atoms with Crippen LogP contribution in [0.2, 0.25) is 0 Å². The molecule has 0 aliphatic carbocycles. The third kappa shape index (κ3) is 3.46. The number of carbonyl (C=O) groups is 1. The molecule has 21 heavy (non-hydrogen) atoms. The summed E-state index contributed by atoms with van der Waals surface area (Å²) in [5.74, 6) is 0.240. The fourth-order valence-corrected chi connectivity index (χ4v) is 2.25. The van der Waals surface area contributed by atoms with E-state index < -0.39 is 5.97 Å². The van der Waals surface area contributed by atoms with Crippen LogP contribution >= 0.6 is 15.9 Å². The molecule has 0 atom stereocenters. The summed E-state index contributed by atoms with van der Waals surface area (Å²) in [7, 11) is 2.92. The maximum Gasteiger partial charge on any atom is 0.340 e. The average Bonchev–Trinajstić information content (AvgIpc) is 2.50. The summed E-state index contributed by atoms with van der Waals surface area (Å²) in [6.45, 7) is 0. The number of halogens is 1. The Morgan fingerprint density at radius 3 is 2.62 bits per heavy atom. The van der Waals surface area contributed by atoms with Gasteiger partial charge < -0.3 is 20.5 Å². The highest BCUT2D eigenvalue weighted by Gasteiger charge is 2.13. The molecule has 0 aliphatic rings. The lowest BCUT2D eigenvalue weighted by Gasteiger charge is -2.13. The number of esters is 1. The highest BCUT2D eigenvalue weighted by Crippen LogP contribution is 2.30. The predicted molar refractivity (Wildman–Crippen MR) is 86.2 cm³/mol. The molecule has 110 valence electrons. The first kappa shape index (κ1) is 15.2. The molecule has 2 aromatic rings. The molecule has 0 bridgehead atoms. The summed E-state index contributed by atoms with van der Waals surface area (Å²) in [6.07, 6.45) is 0. The third-order valence-corrected chi connectivity index (χ3v) is 3.53. The molecule has 0 fully saturated rings. The lowest BCUT2D eigenvalue weighted by Crippen LogP contribution is -2.06. The molecule has 2 aromatic carbocycles. The topological polar surface area (TPSA) is 73.6 Å². The number of benzene rings is 2. The van der Waals surface area contributed by atoms with Gasteiger partial charge in [0, 0.05) is 17.4 Å². The molecule has 0 heterocycles. The Balaban J connectivity index is 2.37. The normalized spacial score (nSPS) is 10.0. The van der Waals surface area contributed by atoms with Crippen LogP contribution < -0.4 is 15.8 Å². The van der Waals surface area contributed by atoms with Crippen LogP contribution in [0.5, 0.6) is 5.75 Å². The van der Waals surface area contributed by atoms with Crippen molar-refractivity contribution in [2.45, 2.75) is 0 Å². The van der Waals surface area contributed by atoms with Crippen molar-refractivity contribution >= 4 is 39.0 Å². The Bertz CT molecular complexity index is 674. The second kappa shape index (κ2) is 6.49. The largest absolute Gasteiger partial charge is 0.495 e. The van der Waals surface area contributed by atoms with E-state index >= 15 is 0 Å². The summed E-state index contributed by atoms with van der Waals surface area (Å²) >= 11 is 3.39. The van der Waals surface area contributed by atoms with Gasteiger partial charge in [-0.2, -0.15) is 0 Å². The lowest BCUT2D eigenvalue weighted by atomic mass is 10.1. The molecule has 6 heteroatoms. The minimum atomic E-state index is -0.450. The summed E-state index contributed by atoms with van der Waals surface area (Å²) in [6, 6.07) is 10.6. The number of anilines is 3. The zero-order valence-electron chi connectivity index (χ0n) is 11.6. The van der Waals surface area contributed by atoms with Crippen LogP contribution in [-0.4, -0.2) is 20.2 Å². The summed E-state index contributed by atoms with van der Waals surface area (Å²) in [4.78, 5) is 11.8. The molecular weight excluding hydrogens is 336 g/mol. The Morgan fingerprint density at radius 2 is 1.95 bits per heavy atom. The number of methoxy groups -OCH3 is 2. The van der Waals surface area contributed by atoms with E-state index in [1.165, 1.54) is 7.11 Å². The highest BCUT2D eigenvalue weighted by molar-refractivity contribution is 9.10. The van der Waals surface area contributed by atoms with E-state index in [-0.39, 0.29) is 0 Å². The van der Waals surface area contributed by atoms with Crippen LogP contribution in [-0.2, 0) is 4.74 Å². The van der Waals surface area contributed by atoms with Crippen LogP contribution in [0.4, 0.5) is 17.1 Å². The number of nitrogens with one attached hydrogen (secondary N) is 1. The van der Waals surface area contributed by atoms with Gasteiger partial charge in [-0.05, 0) is 46.3 Å². The molecule has 0 aromatic heterocycles. The Labute approximate surface area is 131 Å². The molecule has 0 amide bonds. The van der Waals surface area contributed by atoms with Gasteiger partial charge in [0.1, 0.15) is 5.75 Å². The average molecular weight is 351 g/mol. The molecule has 0 radical (unpaired) electrons. The Hall–Kier alpha value is -2.21. The van der Waals surface area contributed by atoms with Gasteiger partial charge >= 0.3 is 5.97 Å². The summed E-state index contributed by atoms with van der Waals surface area (Å²) in [5.41, 5.74) is 7.98. The van der Waals surface area contributed by atoms with Gasteiger partial charge in [0.15, 0.2) is 0 Å². The van der Waals surface area contributed by atoms with Crippen LogP contribution in [0.3, 0.4) is 0 Å². The zero-order chi connectivity index (χ0) is 15.4. The maximum absolute atomic E-state index is 11.8. The van der Waals surface area contributed by atoms with Crippen molar-refractivity contribution in [3.63, 3.8) is 0 Å². The van der Waals surface area contributed by atoms with Crippen LogP contribution in [0.25, 0.3) is 0 Å². The number of nitrogens with two attached hydrogens (primary N) is 1. The molecule has 0 spiro atoms. The van der Waals surface area contributed by atoms with Crippen LogP contribution in [0.1, 0.15) is 10.4 Å².